The standard InChI is InChI=1S/C11H21NO2/c1-8-2-3-11(14-8)7-12-6-9-4-10(13)5-9/h8-13H,2-7H2,1H3. The first kappa shape index (κ1) is 10.4. The van der Waals surface area contributed by atoms with Crippen LogP contribution in [-0.2, 0) is 4.74 Å². The predicted molar refractivity (Wildman–Crippen MR) is 55.2 cm³/mol. The average Bonchev–Trinajstić information content (AvgIpc) is 2.48. The molecule has 82 valence electrons. The second-order valence-corrected chi connectivity index (χ2v) is 4.80. The second-order valence-electron chi connectivity index (χ2n) is 4.80. The Balaban J connectivity index is 1.51. The maximum absolute atomic E-state index is 9.11. The van der Waals surface area contributed by atoms with E-state index in [1.165, 1.54) is 12.8 Å². The fraction of sp³-hybridized carbons (Fsp3) is 1.00. The molecule has 0 spiro atoms. The number of rotatable bonds is 4. The van der Waals surface area contributed by atoms with Crippen LogP contribution in [0.1, 0.15) is 32.6 Å². The molecule has 2 rings (SSSR count). The molecule has 1 saturated carbocycles. The lowest BCUT2D eigenvalue weighted by molar-refractivity contribution is 0.0351. The summed E-state index contributed by atoms with van der Waals surface area (Å²) in [5.41, 5.74) is 0. The highest BCUT2D eigenvalue weighted by atomic mass is 16.5. The summed E-state index contributed by atoms with van der Waals surface area (Å²) in [4.78, 5) is 0. The van der Waals surface area contributed by atoms with E-state index in [1.54, 1.807) is 0 Å². The third-order valence-corrected chi connectivity index (χ3v) is 3.34. The quantitative estimate of drug-likeness (QED) is 0.707. The zero-order chi connectivity index (χ0) is 9.97. The SMILES string of the molecule is CC1CCC(CNCC2CC(O)C2)O1. The van der Waals surface area contributed by atoms with Gasteiger partial charge in [0.15, 0.2) is 0 Å². The minimum Gasteiger partial charge on any atom is -0.393 e. The van der Waals surface area contributed by atoms with Crippen molar-refractivity contribution in [2.24, 2.45) is 5.92 Å². The van der Waals surface area contributed by atoms with Gasteiger partial charge in [-0.1, -0.05) is 0 Å². The summed E-state index contributed by atoms with van der Waals surface area (Å²) in [6.07, 6.45) is 5.21. The van der Waals surface area contributed by atoms with Gasteiger partial charge in [0.25, 0.3) is 0 Å². The van der Waals surface area contributed by atoms with E-state index in [9.17, 15) is 0 Å². The second kappa shape index (κ2) is 4.60. The average molecular weight is 199 g/mol. The predicted octanol–water partition coefficient (Wildman–Crippen LogP) is 0.914. The molecule has 3 nitrogen and oxygen atoms in total. The van der Waals surface area contributed by atoms with E-state index < -0.39 is 0 Å². The third-order valence-electron chi connectivity index (χ3n) is 3.34. The van der Waals surface area contributed by atoms with Gasteiger partial charge in [0, 0.05) is 6.54 Å². The van der Waals surface area contributed by atoms with Crippen molar-refractivity contribution >= 4 is 0 Å². The van der Waals surface area contributed by atoms with E-state index >= 15 is 0 Å². The third kappa shape index (κ3) is 2.69. The van der Waals surface area contributed by atoms with Crippen molar-refractivity contribution in [3.05, 3.63) is 0 Å². The normalized spacial score (nSPS) is 42.4. The fourth-order valence-electron chi connectivity index (χ4n) is 2.35. The van der Waals surface area contributed by atoms with Gasteiger partial charge < -0.3 is 15.2 Å². The number of nitrogens with one attached hydrogen (secondary N) is 1. The summed E-state index contributed by atoms with van der Waals surface area (Å²) in [5.74, 6) is 0.698. The first-order valence-corrected chi connectivity index (χ1v) is 5.78. The zero-order valence-corrected chi connectivity index (χ0v) is 8.91. The minimum absolute atomic E-state index is 0.0236. The van der Waals surface area contributed by atoms with Gasteiger partial charge in [-0.3, -0.25) is 0 Å². The van der Waals surface area contributed by atoms with Gasteiger partial charge in [0.05, 0.1) is 18.3 Å². The molecule has 0 bridgehead atoms. The maximum atomic E-state index is 9.11. The number of aliphatic hydroxyl groups is 1. The van der Waals surface area contributed by atoms with E-state index in [4.69, 9.17) is 9.84 Å². The van der Waals surface area contributed by atoms with Crippen molar-refractivity contribution in [3.8, 4) is 0 Å². The summed E-state index contributed by atoms with van der Waals surface area (Å²) >= 11 is 0. The molecule has 2 aliphatic rings. The van der Waals surface area contributed by atoms with Gasteiger partial charge in [0.1, 0.15) is 0 Å². The van der Waals surface area contributed by atoms with Crippen molar-refractivity contribution in [2.45, 2.75) is 50.9 Å². The molecule has 1 saturated heterocycles. The molecule has 2 fully saturated rings. The van der Waals surface area contributed by atoms with E-state index in [0.29, 0.717) is 18.1 Å². The van der Waals surface area contributed by atoms with Crippen molar-refractivity contribution in [2.75, 3.05) is 13.1 Å². The Labute approximate surface area is 85.8 Å². The van der Waals surface area contributed by atoms with Crippen LogP contribution in [-0.4, -0.2) is 36.5 Å². The Bertz CT molecular complexity index is 180. The van der Waals surface area contributed by atoms with Gasteiger partial charge in [-0.05, 0) is 45.1 Å². The van der Waals surface area contributed by atoms with Crippen molar-refractivity contribution in [3.63, 3.8) is 0 Å². The highest BCUT2D eigenvalue weighted by molar-refractivity contribution is 4.81. The Morgan fingerprint density at radius 3 is 2.64 bits per heavy atom. The lowest BCUT2D eigenvalue weighted by atomic mass is 9.82. The van der Waals surface area contributed by atoms with Crippen LogP contribution in [0.3, 0.4) is 0 Å². The number of hydrogen-bond donors (Lipinski definition) is 2. The molecule has 0 aromatic rings. The van der Waals surface area contributed by atoms with E-state index in [2.05, 4.69) is 12.2 Å². The highest BCUT2D eigenvalue weighted by Crippen LogP contribution is 2.26. The summed E-state index contributed by atoms with van der Waals surface area (Å²) in [6, 6.07) is 0. The Hall–Kier alpha value is -0.120. The summed E-state index contributed by atoms with van der Waals surface area (Å²) in [5, 5.41) is 12.5. The van der Waals surface area contributed by atoms with Gasteiger partial charge >= 0.3 is 0 Å². The molecule has 1 aliphatic heterocycles. The summed E-state index contributed by atoms with van der Waals surface area (Å²) in [6.45, 7) is 4.17. The van der Waals surface area contributed by atoms with Crippen LogP contribution >= 0.6 is 0 Å². The molecule has 1 aliphatic carbocycles. The number of aliphatic hydroxyl groups excluding tert-OH is 1. The van der Waals surface area contributed by atoms with E-state index in [-0.39, 0.29) is 6.10 Å². The molecule has 0 aromatic heterocycles. The molecule has 0 radical (unpaired) electrons. The lowest BCUT2D eigenvalue weighted by Gasteiger charge is -2.31. The Kier molecular flexibility index (Phi) is 3.42. The van der Waals surface area contributed by atoms with Crippen LogP contribution in [0.4, 0.5) is 0 Å². The maximum Gasteiger partial charge on any atom is 0.0704 e. The van der Waals surface area contributed by atoms with Crippen LogP contribution in [0.25, 0.3) is 0 Å². The van der Waals surface area contributed by atoms with Gasteiger partial charge in [-0.2, -0.15) is 0 Å². The smallest absolute Gasteiger partial charge is 0.0704 e. The van der Waals surface area contributed by atoms with Crippen LogP contribution in [0.2, 0.25) is 0 Å². The van der Waals surface area contributed by atoms with Gasteiger partial charge in [-0.15, -0.1) is 0 Å². The fourth-order valence-corrected chi connectivity index (χ4v) is 2.35. The number of ether oxygens (including phenoxy) is 1. The molecule has 3 heteroatoms. The Morgan fingerprint density at radius 2 is 2.07 bits per heavy atom. The number of hydrogen-bond acceptors (Lipinski definition) is 3. The zero-order valence-electron chi connectivity index (χ0n) is 8.91. The summed E-state index contributed by atoms with van der Waals surface area (Å²) < 4.78 is 5.70. The van der Waals surface area contributed by atoms with E-state index in [0.717, 1.165) is 25.9 Å². The molecule has 2 unspecified atom stereocenters. The van der Waals surface area contributed by atoms with Crippen molar-refractivity contribution < 1.29 is 9.84 Å². The highest BCUT2D eigenvalue weighted by Gasteiger charge is 2.27. The monoisotopic (exact) mass is 199 g/mol. The largest absolute Gasteiger partial charge is 0.393 e. The Morgan fingerprint density at radius 1 is 1.29 bits per heavy atom. The minimum atomic E-state index is -0.0236. The van der Waals surface area contributed by atoms with E-state index in [1.807, 2.05) is 0 Å². The topological polar surface area (TPSA) is 41.5 Å². The van der Waals surface area contributed by atoms with Crippen LogP contribution < -0.4 is 5.32 Å². The van der Waals surface area contributed by atoms with Gasteiger partial charge in [-0.25, -0.2) is 0 Å². The first-order chi connectivity index (χ1) is 6.74. The molecule has 2 atom stereocenters. The molecule has 0 aromatic carbocycles. The molecule has 2 N–H and O–H groups in total. The van der Waals surface area contributed by atoms with Crippen molar-refractivity contribution in [1.29, 1.82) is 0 Å². The summed E-state index contributed by atoms with van der Waals surface area (Å²) in [7, 11) is 0. The van der Waals surface area contributed by atoms with Crippen LogP contribution in [0, 0.1) is 5.92 Å². The molecule has 0 amide bonds. The molecule has 1 heterocycles. The first-order valence-electron chi connectivity index (χ1n) is 5.78. The lowest BCUT2D eigenvalue weighted by Crippen LogP contribution is -2.38. The van der Waals surface area contributed by atoms with Crippen LogP contribution in [0.15, 0.2) is 0 Å². The molecular weight excluding hydrogens is 178 g/mol. The molecular formula is C11H21NO2. The van der Waals surface area contributed by atoms with Crippen molar-refractivity contribution in [1.82, 2.24) is 5.32 Å². The van der Waals surface area contributed by atoms with Crippen LogP contribution in [0.5, 0.6) is 0 Å². The van der Waals surface area contributed by atoms with Gasteiger partial charge in [0.2, 0.25) is 0 Å². The molecule has 14 heavy (non-hydrogen) atoms.